The van der Waals surface area contributed by atoms with Crippen molar-refractivity contribution in [3.8, 4) is 0 Å². The van der Waals surface area contributed by atoms with Crippen molar-refractivity contribution in [2.24, 2.45) is 5.92 Å². The van der Waals surface area contributed by atoms with Crippen molar-refractivity contribution in [2.75, 3.05) is 13.2 Å². The summed E-state index contributed by atoms with van der Waals surface area (Å²) in [5, 5.41) is 3.74. The first-order chi connectivity index (χ1) is 10.2. The fourth-order valence-electron chi connectivity index (χ4n) is 4.19. The van der Waals surface area contributed by atoms with Crippen molar-refractivity contribution in [3.05, 3.63) is 33.4 Å². The van der Waals surface area contributed by atoms with Crippen LogP contribution in [-0.4, -0.2) is 18.8 Å². The van der Waals surface area contributed by atoms with Crippen LogP contribution in [0.3, 0.4) is 0 Å². The molecule has 1 aromatic rings. The smallest absolute Gasteiger partial charge is 0.0686 e. The molecule has 1 heterocycles. The maximum absolute atomic E-state index is 6.22. The lowest BCUT2D eigenvalue weighted by Gasteiger charge is -2.41. The van der Waals surface area contributed by atoms with E-state index in [1.165, 1.54) is 47.7 Å². The first-order valence-corrected chi connectivity index (χ1v) is 9.43. The van der Waals surface area contributed by atoms with Gasteiger partial charge in [0.05, 0.1) is 5.60 Å². The van der Waals surface area contributed by atoms with E-state index in [0.29, 0.717) is 12.0 Å². The molecule has 2 unspecified atom stereocenters. The Labute approximate surface area is 142 Å². The van der Waals surface area contributed by atoms with Crippen LogP contribution >= 0.6 is 22.6 Å². The Morgan fingerprint density at radius 2 is 2.19 bits per heavy atom. The van der Waals surface area contributed by atoms with E-state index < -0.39 is 0 Å². The minimum Gasteiger partial charge on any atom is -0.375 e. The normalized spacial score (nSPS) is 26.1. The van der Waals surface area contributed by atoms with Gasteiger partial charge in [-0.3, -0.25) is 0 Å². The number of hydrogen-bond acceptors (Lipinski definition) is 2. The Balaban J connectivity index is 1.80. The Hall–Kier alpha value is -0.130. The Morgan fingerprint density at radius 1 is 1.38 bits per heavy atom. The summed E-state index contributed by atoms with van der Waals surface area (Å²) in [6.07, 6.45) is 7.66. The third-order valence-electron chi connectivity index (χ3n) is 5.15. The van der Waals surface area contributed by atoms with Gasteiger partial charge in [-0.1, -0.05) is 31.9 Å². The summed E-state index contributed by atoms with van der Waals surface area (Å²) in [5.41, 5.74) is 1.65. The SMILES string of the molecule is CCNC(c1cccc(I)c1)C1CCOC2(CCCC2)C1. The van der Waals surface area contributed by atoms with Gasteiger partial charge in [-0.25, -0.2) is 0 Å². The third kappa shape index (κ3) is 3.62. The molecule has 0 radical (unpaired) electrons. The molecule has 1 aliphatic carbocycles. The zero-order chi connectivity index (χ0) is 14.7. The van der Waals surface area contributed by atoms with Gasteiger partial charge in [0.1, 0.15) is 0 Å². The van der Waals surface area contributed by atoms with Crippen molar-refractivity contribution < 1.29 is 4.74 Å². The molecule has 21 heavy (non-hydrogen) atoms. The van der Waals surface area contributed by atoms with Gasteiger partial charge in [0.2, 0.25) is 0 Å². The molecule has 1 N–H and O–H groups in total. The first kappa shape index (κ1) is 15.8. The van der Waals surface area contributed by atoms with Crippen LogP contribution < -0.4 is 5.32 Å². The van der Waals surface area contributed by atoms with Crippen LogP contribution in [0.1, 0.15) is 57.1 Å². The number of hydrogen-bond donors (Lipinski definition) is 1. The average Bonchev–Trinajstić information content (AvgIpc) is 2.92. The molecule has 2 atom stereocenters. The van der Waals surface area contributed by atoms with Gasteiger partial charge in [0.15, 0.2) is 0 Å². The van der Waals surface area contributed by atoms with Gasteiger partial charge in [-0.2, -0.15) is 0 Å². The quantitative estimate of drug-likeness (QED) is 0.743. The molecule has 3 heteroatoms. The van der Waals surface area contributed by atoms with Crippen LogP contribution in [0.25, 0.3) is 0 Å². The summed E-state index contributed by atoms with van der Waals surface area (Å²) in [6.45, 7) is 4.18. The minimum absolute atomic E-state index is 0.207. The summed E-state index contributed by atoms with van der Waals surface area (Å²) in [5.74, 6) is 0.704. The molecule has 2 aliphatic rings. The van der Waals surface area contributed by atoms with Crippen LogP contribution in [0.15, 0.2) is 24.3 Å². The maximum Gasteiger partial charge on any atom is 0.0686 e. The highest BCUT2D eigenvalue weighted by Crippen LogP contribution is 2.45. The topological polar surface area (TPSA) is 21.3 Å². The molecule has 3 rings (SSSR count). The second-order valence-electron chi connectivity index (χ2n) is 6.58. The predicted octanol–water partition coefficient (Wildman–Crippen LogP) is 4.68. The van der Waals surface area contributed by atoms with Gasteiger partial charge in [-0.15, -0.1) is 0 Å². The van der Waals surface area contributed by atoms with Gasteiger partial charge >= 0.3 is 0 Å². The lowest BCUT2D eigenvalue weighted by Crippen LogP contribution is -2.42. The van der Waals surface area contributed by atoms with Gasteiger partial charge in [-0.05, 0) is 78.4 Å². The summed E-state index contributed by atoms with van der Waals surface area (Å²) in [4.78, 5) is 0. The van der Waals surface area contributed by atoms with E-state index >= 15 is 0 Å². The van der Waals surface area contributed by atoms with Crippen molar-refractivity contribution in [1.29, 1.82) is 0 Å². The van der Waals surface area contributed by atoms with E-state index in [9.17, 15) is 0 Å². The Morgan fingerprint density at radius 3 is 2.90 bits per heavy atom. The molecule has 0 amide bonds. The molecule has 2 nitrogen and oxygen atoms in total. The summed E-state index contributed by atoms with van der Waals surface area (Å²) in [7, 11) is 0. The van der Waals surface area contributed by atoms with E-state index in [1.54, 1.807) is 0 Å². The molecular formula is C18H26INO. The van der Waals surface area contributed by atoms with Gasteiger partial charge in [0.25, 0.3) is 0 Å². The molecular weight excluding hydrogens is 373 g/mol. The van der Waals surface area contributed by atoms with Crippen LogP contribution in [0.2, 0.25) is 0 Å². The second-order valence-corrected chi connectivity index (χ2v) is 7.83. The standard InChI is InChI=1S/C18H26INO/c1-2-20-17(14-6-5-7-16(19)12-14)15-8-11-21-18(13-15)9-3-4-10-18/h5-7,12,15,17,20H,2-4,8-11,13H2,1H3. The number of benzene rings is 1. The van der Waals surface area contributed by atoms with Crippen LogP contribution in [-0.2, 0) is 4.74 Å². The van der Waals surface area contributed by atoms with Crippen molar-refractivity contribution in [1.82, 2.24) is 5.32 Å². The lowest BCUT2D eigenvalue weighted by atomic mass is 9.78. The summed E-state index contributed by atoms with van der Waals surface area (Å²) in [6, 6.07) is 9.46. The van der Waals surface area contributed by atoms with E-state index in [1.807, 2.05) is 0 Å². The minimum atomic E-state index is 0.207. The summed E-state index contributed by atoms with van der Waals surface area (Å²) >= 11 is 2.42. The van der Waals surface area contributed by atoms with E-state index in [2.05, 4.69) is 59.1 Å². The third-order valence-corrected chi connectivity index (χ3v) is 5.82. The van der Waals surface area contributed by atoms with E-state index in [-0.39, 0.29) is 5.60 Å². The number of halogens is 1. The zero-order valence-corrected chi connectivity index (χ0v) is 15.1. The van der Waals surface area contributed by atoms with E-state index in [0.717, 1.165) is 13.2 Å². The highest BCUT2D eigenvalue weighted by Gasteiger charge is 2.42. The first-order valence-electron chi connectivity index (χ1n) is 8.35. The fourth-order valence-corrected chi connectivity index (χ4v) is 4.76. The molecule has 1 spiro atoms. The number of rotatable bonds is 4. The number of nitrogens with one attached hydrogen (secondary N) is 1. The molecule has 116 valence electrons. The highest BCUT2D eigenvalue weighted by molar-refractivity contribution is 14.1. The van der Waals surface area contributed by atoms with Gasteiger partial charge < -0.3 is 10.1 Å². The predicted molar refractivity (Wildman–Crippen MR) is 95.5 cm³/mol. The summed E-state index contributed by atoms with van der Waals surface area (Å²) < 4.78 is 7.54. The molecule has 1 saturated carbocycles. The Kier molecular flexibility index (Phi) is 5.23. The van der Waals surface area contributed by atoms with Crippen LogP contribution in [0.5, 0.6) is 0 Å². The van der Waals surface area contributed by atoms with Crippen molar-refractivity contribution in [3.63, 3.8) is 0 Å². The largest absolute Gasteiger partial charge is 0.375 e. The fraction of sp³-hybridized carbons (Fsp3) is 0.667. The lowest BCUT2D eigenvalue weighted by molar-refractivity contribution is -0.0981. The second kappa shape index (κ2) is 6.97. The molecule has 1 saturated heterocycles. The number of ether oxygens (including phenoxy) is 1. The van der Waals surface area contributed by atoms with Crippen LogP contribution in [0, 0.1) is 9.49 Å². The van der Waals surface area contributed by atoms with E-state index in [4.69, 9.17) is 4.74 Å². The highest BCUT2D eigenvalue weighted by atomic mass is 127. The molecule has 1 aliphatic heterocycles. The Bertz CT molecular complexity index is 470. The van der Waals surface area contributed by atoms with Gasteiger partial charge in [0, 0.05) is 16.2 Å². The monoisotopic (exact) mass is 399 g/mol. The van der Waals surface area contributed by atoms with Crippen molar-refractivity contribution >= 4 is 22.6 Å². The molecule has 0 aromatic heterocycles. The zero-order valence-electron chi connectivity index (χ0n) is 12.9. The molecule has 0 bridgehead atoms. The maximum atomic E-state index is 6.22. The molecule has 2 fully saturated rings. The van der Waals surface area contributed by atoms with Crippen LogP contribution in [0.4, 0.5) is 0 Å². The van der Waals surface area contributed by atoms with Crippen molar-refractivity contribution in [2.45, 2.75) is 57.1 Å². The molecule has 1 aromatic carbocycles. The average molecular weight is 399 g/mol.